The maximum Gasteiger partial charge on any atom is 0.208 e. The lowest BCUT2D eigenvalue weighted by Crippen LogP contribution is -2.29. The fourth-order valence-electron chi connectivity index (χ4n) is 1.34. The third-order valence-corrected chi connectivity index (χ3v) is 3.11. The molecular weight excluding hydrogens is 216 g/mol. The SMILES string of the molecule is NC(=S)CCN(c1nncs1)C1CC1. The Morgan fingerprint density at radius 2 is 2.50 bits per heavy atom. The Balaban J connectivity index is 1.97. The van der Waals surface area contributed by atoms with Crippen LogP contribution in [0, 0.1) is 0 Å². The number of rotatable bonds is 5. The van der Waals surface area contributed by atoms with Crippen LogP contribution in [0.1, 0.15) is 19.3 Å². The lowest BCUT2D eigenvalue weighted by atomic mass is 10.4. The van der Waals surface area contributed by atoms with Crippen LogP contribution in [-0.4, -0.2) is 27.8 Å². The van der Waals surface area contributed by atoms with Crippen LogP contribution in [0.25, 0.3) is 0 Å². The summed E-state index contributed by atoms with van der Waals surface area (Å²) in [7, 11) is 0. The first kappa shape index (κ1) is 9.79. The molecule has 0 aliphatic heterocycles. The van der Waals surface area contributed by atoms with Crippen LogP contribution < -0.4 is 10.6 Å². The molecule has 1 saturated carbocycles. The lowest BCUT2D eigenvalue weighted by Gasteiger charge is -2.20. The Kier molecular flexibility index (Phi) is 2.93. The molecule has 1 fully saturated rings. The van der Waals surface area contributed by atoms with Crippen LogP contribution in [0.5, 0.6) is 0 Å². The maximum atomic E-state index is 5.49. The minimum absolute atomic E-state index is 0.570. The van der Waals surface area contributed by atoms with Crippen molar-refractivity contribution in [3.8, 4) is 0 Å². The van der Waals surface area contributed by atoms with E-state index in [0.29, 0.717) is 11.0 Å². The molecule has 4 nitrogen and oxygen atoms in total. The lowest BCUT2D eigenvalue weighted by molar-refractivity contribution is 0.788. The first-order chi connectivity index (χ1) is 6.77. The van der Waals surface area contributed by atoms with Crippen LogP contribution >= 0.6 is 23.6 Å². The Morgan fingerprint density at radius 1 is 1.71 bits per heavy atom. The van der Waals surface area contributed by atoms with E-state index in [1.807, 2.05) is 0 Å². The Bertz CT molecular complexity index is 307. The highest BCUT2D eigenvalue weighted by Crippen LogP contribution is 2.32. The molecule has 1 aromatic heterocycles. The van der Waals surface area contributed by atoms with Crippen molar-refractivity contribution in [3.05, 3.63) is 5.51 Å². The van der Waals surface area contributed by atoms with Crippen molar-refractivity contribution in [2.45, 2.75) is 25.3 Å². The molecule has 1 heterocycles. The minimum Gasteiger partial charge on any atom is -0.393 e. The van der Waals surface area contributed by atoms with Crippen molar-refractivity contribution < 1.29 is 0 Å². The molecule has 14 heavy (non-hydrogen) atoms. The minimum atomic E-state index is 0.570. The van der Waals surface area contributed by atoms with Crippen molar-refractivity contribution in [1.82, 2.24) is 10.2 Å². The molecule has 0 atom stereocenters. The van der Waals surface area contributed by atoms with E-state index in [0.717, 1.165) is 18.1 Å². The molecule has 0 spiro atoms. The molecule has 2 rings (SSSR count). The van der Waals surface area contributed by atoms with Gasteiger partial charge in [0.25, 0.3) is 0 Å². The normalized spacial score (nSPS) is 15.4. The van der Waals surface area contributed by atoms with E-state index >= 15 is 0 Å². The Hall–Kier alpha value is -0.750. The molecule has 0 saturated heterocycles. The van der Waals surface area contributed by atoms with Gasteiger partial charge in [0.2, 0.25) is 5.13 Å². The number of hydrogen-bond donors (Lipinski definition) is 1. The number of aromatic nitrogens is 2. The fraction of sp³-hybridized carbons (Fsp3) is 0.625. The van der Waals surface area contributed by atoms with Gasteiger partial charge in [0.15, 0.2) is 0 Å². The van der Waals surface area contributed by atoms with Crippen LogP contribution in [0.2, 0.25) is 0 Å². The highest BCUT2D eigenvalue weighted by atomic mass is 32.1. The van der Waals surface area contributed by atoms with Gasteiger partial charge in [-0.1, -0.05) is 23.6 Å². The standard InChI is InChI=1S/C8H12N4S2/c9-7(13)3-4-12(6-1-2-6)8-11-10-5-14-8/h5-6H,1-4H2,(H2,9,13). The van der Waals surface area contributed by atoms with Crippen molar-refractivity contribution in [2.75, 3.05) is 11.4 Å². The Labute approximate surface area is 92.1 Å². The summed E-state index contributed by atoms with van der Waals surface area (Å²) in [4.78, 5) is 2.83. The molecule has 0 aromatic carbocycles. The van der Waals surface area contributed by atoms with E-state index < -0.39 is 0 Å². The Morgan fingerprint density at radius 3 is 3.00 bits per heavy atom. The predicted molar refractivity (Wildman–Crippen MR) is 61.7 cm³/mol. The van der Waals surface area contributed by atoms with Gasteiger partial charge >= 0.3 is 0 Å². The maximum absolute atomic E-state index is 5.49. The highest BCUT2D eigenvalue weighted by molar-refractivity contribution is 7.80. The molecular formula is C8H12N4S2. The number of hydrogen-bond acceptors (Lipinski definition) is 5. The first-order valence-corrected chi connectivity index (χ1v) is 5.87. The monoisotopic (exact) mass is 228 g/mol. The largest absolute Gasteiger partial charge is 0.393 e. The molecule has 76 valence electrons. The second-order valence-electron chi connectivity index (χ2n) is 3.36. The van der Waals surface area contributed by atoms with Crippen molar-refractivity contribution in [2.24, 2.45) is 5.73 Å². The van der Waals surface area contributed by atoms with Crippen LogP contribution in [-0.2, 0) is 0 Å². The smallest absolute Gasteiger partial charge is 0.208 e. The van der Waals surface area contributed by atoms with Gasteiger partial charge < -0.3 is 10.6 Å². The predicted octanol–water partition coefficient (Wildman–Crippen LogP) is 1.18. The molecule has 6 heteroatoms. The van der Waals surface area contributed by atoms with Gasteiger partial charge in [-0.15, -0.1) is 10.2 Å². The fourth-order valence-corrected chi connectivity index (χ4v) is 2.09. The quantitative estimate of drug-likeness (QED) is 0.767. The van der Waals surface area contributed by atoms with Crippen LogP contribution in [0.15, 0.2) is 5.51 Å². The van der Waals surface area contributed by atoms with E-state index in [9.17, 15) is 0 Å². The second kappa shape index (κ2) is 4.18. The van der Waals surface area contributed by atoms with Gasteiger partial charge in [0.05, 0.1) is 4.99 Å². The third-order valence-electron chi connectivity index (χ3n) is 2.18. The van der Waals surface area contributed by atoms with Gasteiger partial charge in [0.1, 0.15) is 5.51 Å². The zero-order chi connectivity index (χ0) is 9.97. The van der Waals surface area contributed by atoms with E-state index in [1.54, 1.807) is 16.8 Å². The molecule has 2 N–H and O–H groups in total. The van der Waals surface area contributed by atoms with E-state index in [2.05, 4.69) is 15.1 Å². The molecule has 0 amide bonds. The molecule has 0 radical (unpaired) electrons. The van der Waals surface area contributed by atoms with Gasteiger partial charge in [-0.3, -0.25) is 0 Å². The number of nitrogens with two attached hydrogens (primary N) is 1. The highest BCUT2D eigenvalue weighted by Gasteiger charge is 2.30. The average Bonchev–Trinajstić information content (AvgIpc) is 2.81. The van der Waals surface area contributed by atoms with E-state index in [1.165, 1.54) is 12.8 Å². The zero-order valence-corrected chi connectivity index (χ0v) is 9.35. The van der Waals surface area contributed by atoms with Gasteiger partial charge in [-0.2, -0.15) is 0 Å². The molecule has 1 aliphatic rings. The summed E-state index contributed by atoms with van der Waals surface area (Å²) in [6.07, 6.45) is 3.25. The van der Waals surface area contributed by atoms with E-state index in [-0.39, 0.29) is 0 Å². The number of thiocarbonyl (C=S) groups is 1. The van der Waals surface area contributed by atoms with Crippen LogP contribution in [0.3, 0.4) is 0 Å². The average molecular weight is 228 g/mol. The van der Waals surface area contributed by atoms with Gasteiger partial charge in [0, 0.05) is 19.0 Å². The van der Waals surface area contributed by atoms with Crippen molar-refractivity contribution in [3.63, 3.8) is 0 Å². The topological polar surface area (TPSA) is 55.0 Å². The summed E-state index contributed by atoms with van der Waals surface area (Å²) >= 11 is 6.44. The second-order valence-corrected chi connectivity index (χ2v) is 4.70. The summed E-state index contributed by atoms with van der Waals surface area (Å²) in [5, 5.41) is 8.90. The molecule has 1 aromatic rings. The van der Waals surface area contributed by atoms with Crippen molar-refractivity contribution in [1.29, 1.82) is 0 Å². The summed E-state index contributed by atoms with van der Waals surface area (Å²) in [6, 6.07) is 0.636. The number of nitrogens with zero attached hydrogens (tertiary/aromatic N) is 3. The number of anilines is 1. The van der Waals surface area contributed by atoms with Crippen LogP contribution in [0.4, 0.5) is 5.13 Å². The van der Waals surface area contributed by atoms with E-state index in [4.69, 9.17) is 18.0 Å². The van der Waals surface area contributed by atoms with Gasteiger partial charge in [-0.05, 0) is 12.8 Å². The summed E-state index contributed by atoms with van der Waals surface area (Å²) < 4.78 is 0. The molecule has 0 unspecified atom stereocenters. The summed E-state index contributed by atoms with van der Waals surface area (Å²) in [6.45, 7) is 0.870. The first-order valence-electron chi connectivity index (χ1n) is 4.58. The molecule has 0 bridgehead atoms. The molecule has 1 aliphatic carbocycles. The van der Waals surface area contributed by atoms with Crippen molar-refractivity contribution >= 4 is 33.7 Å². The zero-order valence-electron chi connectivity index (χ0n) is 7.72. The third kappa shape index (κ3) is 2.39. The summed E-state index contributed by atoms with van der Waals surface area (Å²) in [5.41, 5.74) is 7.24. The van der Waals surface area contributed by atoms with Gasteiger partial charge in [-0.25, -0.2) is 0 Å². The summed E-state index contributed by atoms with van der Waals surface area (Å²) in [5.74, 6) is 0.